The number of carbonyl (C=O) groups is 2. The number of rotatable bonds is 7. The van der Waals surface area contributed by atoms with Gasteiger partial charge in [-0.2, -0.15) is 0 Å². The topological polar surface area (TPSA) is 58.6 Å². The molecule has 1 spiro atoms. The van der Waals surface area contributed by atoms with Gasteiger partial charge in [-0.1, -0.05) is 73.2 Å². The number of amides is 2. The molecule has 1 saturated heterocycles. The normalized spacial score (nSPS) is 24.0. The third kappa shape index (κ3) is 4.81. The molecule has 2 heterocycles. The molecule has 2 aromatic carbocycles. The molecule has 0 radical (unpaired) electrons. The van der Waals surface area contributed by atoms with E-state index in [0.29, 0.717) is 27.9 Å². The third-order valence-corrected chi connectivity index (χ3v) is 9.13. The van der Waals surface area contributed by atoms with Crippen molar-refractivity contribution in [2.24, 2.45) is 0 Å². The Labute approximate surface area is 218 Å². The molecule has 4 rings (SSSR count). The van der Waals surface area contributed by atoms with E-state index in [2.05, 4.69) is 31.5 Å². The highest BCUT2D eigenvalue weighted by Crippen LogP contribution is 2.56. The van der Waals surface area contributed by atoms with Crippen LogP contribution in [0.1, 0.15) is 30.4 Å². The van der Waals surface area contributed by atoms with Crippen LogP contribution in [0, 0.1) is 0 Å². The maximum atomic E-state index is 14.5. The summed E-state index contributed by atoms with van der Waals surface area (Å²) in [6.45, 7) is 13.6. The molecule has 35 heavy (non-hydrogen) atoms. The maximum absolute atomic E-state index is 14.5. The summed E-state index contributed by atoms with van der Waals surface area (Å²) in [6, 6.07) is 13.3. The molecular weight excluding hydrogens is 499 g/mol. The molecule has 2 aliphatic heterocycles. The molecule has 2 aliphatic rings. The highest BCUT2D eigenvalue weighted by Gasteiger charge is 2.63. The van der Waals surface area contributed by atoms with Crippen molar-refractivity contribution in [3.8, 4) is 0 Å². The van der Waals surface area contributed by atoms with Gasteiger partial charge in [0.25, 0.3) is 0 Å². The predicted octanol–water partition coefficient (Wildman–Crippen LogP) is 6.14. The lowest BCUT2D eigenvalue weighted by molar-refractivity contribution is -0.132. The van der Waals surface area contributed by atoms with Gasteiger partial charge in [0.15, 0.2) is 0 Å². The number of carbonyl (C=O) groups excluding carboxylic acids is 2. The van der Waals surface area contributed by atoms with Crippen LogP contribution in [0.4, 0.5) is 5.69 Å². The second kappa shape index (κ2) is 9.73. The summed E-state index contributed by atoms with van der Waals surface area (Å²) in [5, 5.41) is 4.16. The van der Waals surface area contributed by atoms with Crippen molar-refractivity contribution in [3.05, 3.63) is 75.8 Å². The summed E-state index contributed by atoms with van der Waals surface area (Å²) < 4.78 is 6.04. The van der Waals surface area contributed by atoms with Crippen LogP contribution in [0.15, 0.2) is 54.6 Å². The van der Waals surface area contributed by atoms with Crippen LogP contribution in [0.5, 0.6) is 0 Å². The first-order valence-corrected chi connectivity index (χ1v) is 16.3. The van der Waals surface area contributed by atoms with E-state index in [1.54, 1.807) is 17.0 Å². The molecule has 2 amide bonds. The number of anilines is 1. The lowest BCUT2D eigenvalue weighted by Crippen LogP contribution is -2.63. The van der Waals surface area contributed by atoms with Crippen LogP contribution in [0.3, 0.4) is 0 Å². The fourth-order valence-corrected chi connectivity index (χ4v) is 6.42. The maximum Gasteiger partial charge on any atom is 0.242 e. The quantitative estimate of drug-likeness (QED) is 0.265. The summed E-state index contributed by atoms with van der Waals surface area (Å²) in [5.41, 5.74) is 1.99. The molecule has 1 fully saturated rings. The standard InChI is InChI=1S/C27H32Cl2N2O3Si/c1-17(2)25-27(22(15-24(32)30-25)18-7-6-8-19(28)13-18)21-10-9-20(29)14-23(21)31(26(27)33)16-34-11-12-35(3,4)5/h6-10,13-14,22,25H,1,11-12,15-16H2,2-5H3,(H,30,32)/t22-,25-,27-/m0/s1. The zero-order chi connectivity index (χ0) is 25.5. The van der Waals surface area contributed by atoms with Crippen molar-refractivity contribution in [1.82, 2.24) is 5.32 Å². The lowest BCUT2D eigenvalue weighted by atomic mass is 9.59. The van der Waals surface area contributed by atoms with E-state index in [0.717, 1.165) is 17.2 Å². The summed E-state index contributed by atoms with van der Waals surface area (Å²) in [5.74, 6) is -0.682. The minimum atomic E-state index is -1.29. The van der Waals surface area contributed by atoms with Crippen LogP contribution in [-0.4, -0.2) is 39.3 Å². The molecule has 0 aromatic heterocycles. The summed E-state index contributed by atoms with van der Waals surface area (Å²) >= 11 is 12.8. The Kier molecular flexibility index (Phi) is 7.22. The first-order valence-electron chi connectivity index (χ1n) is 11.8. The molecule has 0 bridgehead atoms. The highest BCUT2D eigenvalue weighted by molar-refractivity contribution is 6.76. The van der Waals surface area contributed by atoms with Crippen LogP contribution in [0.25, 0.3) is 0 Å². The van der Waals surface area contributed by atoms with Crippen LogP contribution in [-0.2, 0) is 19.7 Å². The Hall–Kier alpha value is -2.12. The van der Waals surface area contributed by atoms with Gasteiger partial charge in [0, 0.05) is 37.1 Å². The Bertz CT molecular complexity index is 1180. The summed E-state index contributed by atoms with van der Waals surface area (Å²) in [4.78, 5) is 29.1. The first-order chi connectivity index (χ1) is 16.4. The first kappa shape index (κ1) is 26.0. The third-order valence-electron chi connectivity index (χ3n) is 6.96. The summed E-state index contributed by atoms with van der Waals surface area (Å²) in [6.07, 6.45) is 0.155. The molecule has 5 nitrogen and oxygen atoms in total. The molecule has 0 aliphatic carbocycles. The fraction of sp³-hybridized carbons (Fsp3) is 0.407. The molecule has 0 unspecified atom stereocenters. The fourth-order valence-electron chi connectivity index (χ4n) is 5.30. The van der Waals surface area contributed by atoms with Crippen molar-refractivity contribution < 1.29 is 14.3 Å². The van der Waals surface area contributed by atoms with Crippen molar-refractivity contribution in [3.63, 3.8) is 0 Å². The Morgan fingerprint density at radius 2 is 1.89 bits per heavy atom. The van der Waals surface area contributed by atoms with Gasteiger partial charge in [0.1, 0.15) is 12.1 Å². The van der Waals surface area contributed by atoms with Gasteiger partial charge in [-0.15, -0.1) is 0 Å². The monoisotopic (exact) mass is 530 g/mol. The van der Waals surface area contributed by atoms with Crippen molar-refractivity contribution >= 4 is 48.8 Å². The highest BCUT2D eigenvalue weighted by atomic mass is 35.5. The van der Waals surface area contributed by atoms with E-state index < -0.39 is 25.4 Å². The van der Waals surface area contributed by atoms with E-state index in [1.165, 1.54) is 0 Å². The molecule has 8 heteroatoms. The Balaban J connectivity index is 1.85. The molecule has 0 saturated carbocycles. The largest absolute Gasteiger partial charge is 0.361 e. The predicted molar refractivity (Wildman–Crippen MR) is 145 cm³/mol. The Morgan fingerprint density at radius 3 is 2.54 bits per heavy atom. The molecule has 2 aromatic rings. The second-order valence-electron chi connectivity index (χ2n) is 10.8. The minimum Gasteiger partial charge on any atom is -0.361 e. The number of piperidine rings is 1. The molecular formula is C27H32Cl2N2O3Si. The van der Waals surface area contributed by atoms with E-state index in [-0.39, 0.29) is 25.0 Å². The van der Waals surface area contributed by atoms with Gasteiger partial charge in [-0.3, -0.25) is 14.5 Å². The van der Waals surface area contributed by atoms with E-state index in [1.807, 2.05) is 37.3 Å². The Morgan fingerprint density at radius 1 is 1.17 bits per heavy atom. The number of ether oxygens (including phenoxy) is 1. The van der Waals surface area contributed by atoms with E-state index in [9.17, 15) is 9.59 Å². The number of hydrogen-bond donors (Lipinski definition) is 1. The zero-order valence-electron chi connectivity index (χ0n) is 20.7. The average molecular weight is 532 g/mol. The average Bonchev–Trinajstić information content (AvgIpc) is 2.99. The van der Waals surface area contributed by atoms with Crippen molar-refractivity contribution in [1.29, 1.82) is 0 Å². The number of fused-ring (bicyclic) bond motifs is 2. The number of benzene rings is 2. The van der Waals surface area contributed by atoms with E-state index >= 15 is 0 Å². The summed E-state index contributed by atoms with van der Waals surface area (Å²) in [7, 11) is -1.29. The van der Waals surface area contributed by atoms with Gasteiger partial charge >= 0.3 is 0 Å². The molecule has 3 atom stereocenters. The van der Waals surface area contributed by atoms with Gasteiger partial charge in [-0.05, 0) is 48.4 Å². The van der Waals surface area contributed by atoms with Crippen LogP contribution < -0.4 is 10.2 Å². The van der Waals surface area contributed by atoms with Crippen LogP contribution >= 0.6 is 23.2 Å². The number of nitrogens with zero attached hydrogens (tertiary/aromatic N) is 1. The lowest BCUT2D eigenvalue weighted by Gasteiger charge is -2.47. The minimum absolute atomic E-state index is 0.123. The van der Waals surface area contributed by atoms with Gasteiger partial charge in [0.2, 0.25) is 11.8 Å². The van der Waals surface area contributed by atoms with Gasteiger partial charge in [0.05, 0.1) is 11.7 Å². The van der Waals surface area contributed by atoms with Crippen molar-refractivity contribution in [2.45, 2.75) is 56.4 Å². The zero-order valence-corrected chi connectivity index (χ0v) is 23.2. The smallest absolute Gasteiger partial charge is 0.242 e. The van der Waals surface area contributed by atoms with E-state index in [4.69, 9.17) is 27.9 Å². The molecule has 1 N–H and O–H groups in total. The number of nitrogens with one attached hydrogen (secondary N) is 1. The van der Waals surface area contributed by atoms with Gasteiger partial charge < -0.3 is 10.1 Å². The second-order valence-corrected chi connectivity index (χ2v) is 17.3. The van der Waals surface area contributed by atoms with Crippen molar-refractivity contribution in [2.75, 3.05) is 18.2 Å². The molecule has 186 valence electrons. The van der Waals surface area contributed by atoms with Gasteiger partial charge in [-0.25, -0.2) is 0 Å². The SMILES string of the molecule is C=C(C)[C@@H]1NC(=O)C[C@@H](c2cccc(Cl)c2)[C@]12C(=O)N(COCC[Si](C)(C)C)c1cc(Cl)ccc12. The number of halogens is 2. The van der Waals surface area contributed by atoms with Crippen LogP contribution in [0.2, 0.25) is 35.7 Å². The number of hydrogen-bond acceptors (Lipinski definition) is 3.